The van der Waals surface area contributed by atoms with Crippen molar-refractivity contribution in [3.63, 3.8) is 0 Å². The highest BCUT2D eigenvalue weighted by molar-refractivity contribution is 6.02. The minimum Gasteiger partial charge on any atom is -0.468 e. The second kappa shape index (κ2) is 6.16. The predicted octanol–water partition coefficient (Wildman–Crippen LogP) is 0.946. The summed E-state index contributed by atoms with van der Waals surface area (Å²) in [6.07, 6.45) is 0.497. The van der Waals surface area contributed by atoms with Crippen LogP contribution in [0.5, 0.6) is 0 Å². The van der Waals surface area contributed by atoms with Crippen LogP contribution in [0.1, 0.15) is 11.1 Å². The van der Waals surface area contributed by atoms with Gasteiger partial charge in [0.2, 0.25) is 6.41 Å². The Kier molecular flexibility index (Phi) is 4.04. The summed E-state index contributed by atoms with van der Waals surface area (Å²) in [5, 5.41) is 5.22. The van der Waals surface area contributed by atoms with Gasteiger partial charge in [0.1, 0.15) is 6.54 Å². The van der Waals surface area contributed by atoms with Crippen LogP contribution in [-0.2, 0) is 24.7 Å². The summed E-state index contributed by atoms with van der Waals surface area (Å²) in [7, 11) is 1.24. The summed E-state index contributed by atoms with van der Waals surface area (Å²) in [6.45, 7) is -0.276. The van der Waals surface area contributed by atoms with E-state index >= 15 is 0 Å². The normalized spacial score (nSPS) is 13.4. The zero-order valence-corrected chi connectivity index (χ0v) is 13.0. The van der Waals surface area contributed by atoms with Crippen molar-refractivity contribution in [3.8, 4) is 11.1 Å². The Morgan fingerprint density at radius 1 is 1.04 bits per heavy atom. The maximum Gasteiger partial charge on any atom is 0.325 e. The van der Waals surface area contributed by atoms with Gasteiger partial charge in [0, 0.05) is 0 Å². The second-order valence-electron chi connectivity index (χ2n) is 5.36. The molecule has 1 aliphatic carbocycles. The molecule has 122 valence electrons. The van der Waals surface area contributed by atoms with E-state index in [2.05, 4.69) is 15.4 Å². The molecule has 0 fully saturated rings. The van der Waals surface area contributed by atoms with Gasteiger partial charge >= 0.3 is 5.97 Å². The third kappa shape index (κ3) is 2.23. The first kappa shape index (κ1) is 15.7. The fourth-order valence-corrected chi connectivity index (χ4v) is 3.15. The number of methoxy groups -OCH3 is 1. The average Bonchev–Trinajstić information content (AvgIpc) is 2.91. The van der Waals surface area contributed by atoms with E-state index in [0.717, 1.165) is 11.1 Å². The van der Waals surface area contributed by atoms with Crippen LogP contribution in [0.15, 0.2) is 48.5 Å². The first-order valence-corrected chi connectivity index (χ1v) is 7.41. The smallest absolute Gasteiger partial charge is 0.325 e. The highest BCUT2D eigenvalue weighted by Crippen LogP contribution is 2.47. The third-order valence-electron chi connectivity index (χ3n) is 4.19. The van der Waals surface area contributed by atoms with Gasteiger partial charge in [-0.15, -0.1) is 0 Å². The molecule has 3 rings (SSSR count). The number of hydrogen-bond acceptors (Lipinski definition) is 4. The van der Waals surface area contributed by atoms with E-state index in [9.17, 15) is 14.4 Å². The van der Waals surface area contributed by atoms with Crippen molar-refractivity contribution >= 4 is 18.3 Å². The number of benzene rings is 2. The van der Waals surface area contributed by atoms with Gasteiger partial charge in [0.25, 0.3) is 5.91 Å². The van der Waals surface area contributed by atoms with Gasteiger partial charge in [-0.2, -0.15) is 0 Å². The van der Waals surface area contributed by atoms with Crippen molar-refractivity contribution < 1.29 is 19.1 Å². The number of amides is 2. The number of fused-ring (bicyclic) bond motifs is 3. The molecule has 0 spiro atoms. The molecule has 2 aromatic rings. The first-order chi connectivity index (χ1) is 11.6. The molecule has 0 heterocycles. The Bertz CT molecular complexity index is 771. The van der Waals surface area contributed by atoms with Gasteiger partial charge in [0.05, 0.1) is 7.11 Å². The van der Waals surface area contributed by atoms with Gasteiger partial charge in [-0.25, -0.2) is 0 Å². The van der Waals surface area contributed by atoms with Crippen LogP contribution in [0, 0.1) is 0 Å². The number of esters is 1. The molecule has 2 amide bonds. The SMILES string of the molecule is COC(=O)CNC(=O)C1(NC=O)c2ccccc2-c2ccccc21. The molecule has 0 atom stereocenters. The Morgan fingerprint density at radius 3 is 2.08 bits per heavy atom. The zero-order chi connectivity index (χ0) is 17.2. The van der Waals surface area contributed by atoms with Crippen LogP contribution in [0.4, 0.5) is 0 Å². The monoisotopic (exact) mass is 324 g/mol. The molecule has 2 aromatic carbocycles. The molecule has 0 saturated carbocycles. The van der Waals surface area contributed by atoms with Gasteiger partial charge in [-0.3, -0.25) is 14.4 Å². The number of hydrogen-bond donors (Lipinski definition) is 2. The van der Waals surface area contributed by atoms with Crippen LogP contribution in [0.2, 0.25) is 0 Å². The number of nitrogens with one attached hydrogen (secondary N) is 2. The summed E-state index contributed by atoms with van der Waals surface area (Å²) >= 11 is 0. The molecule has 0 bridgehead atoms. The van der Waals surface area contributed by atoms with E-state index in [-0.39, 0.29) is 6.54 Å². The lowest BCUT2D eigenvalue weighted by Crippen LogP contribution is -2.54. The molecule has 24 heavy (non-hydrogen) atoms. The van der Waals surface area contributed by atoms with Crippen molar-refractivity contribution in [1.29, 1.82) is 0 Å². The summed E-state index contributed by atoms with van der Waals surface area (Å²) in [5.74, 6) is -1.05. The molecule has 6 heteroatoms. The molecule has 0 aromatic heterocycles. The summed E-state index contributed by atoms with van der Waals surface area (Å²) < 4.78 is 4.55. The number of rotatable bonds is 5. The molecule has 0 aliphatic heterocycles. The van der Waals surface area contributed by atoms with Gasteiger partial charge in [-0.1, -0.05) is 48.5 Å². The van der Waals surface area contributed by atoms with Gasteiger partial charge in [-0.05, 0) is 22.3 Å². The largest absolute Gasteiger partial charge is 0.468 e. The topological polar surface area (TPSA) is 84.5 Å². The van der Waals surface area contributed by atoms with Crippen molar-refractivity contribution in [2.45, 2.75) is 5.54 Å². The lowest BCUT2D eigenvalue weighted by molar-refractivity contribution is -0.141. The summed E-state index contributed by atoms with van der Waals surface area (Å²) in [5.41, 5.74) is 1.70. The van der Waals surface area contributed by atoms with Crippen molar-refractivity contribution in [1.82, 2.24) is 10.6 Å². The Balaban J connectivity index is 2.14. The van der Waals surface area contributed by atoms with Gasteiger partial charge in [0.15, 0.2) is 5.54 Å². The van der Waals surface area contributed by atoms with Crippen molar-refractivity contribution in [2.24, 2.45) is 0 Å². The molecule has 2 N–H and O–H groups in total. The minimum absolute atomic E-state index is 0.276. The fourth-order valence-electron chi connectivity index (χ4n) is 3.15. The Hall–Kier alpha value is -3.15. The zero-order valence-electron chi connectivity index (χ0n) is 13.0. The van der Waals surface area contributed by atoms with Crippen LogP contribution >= 0.6 is 0 Å². The standard InChI is InChI=1S/C18H16N2O4/c1-24-16(22)10-19-17(23)18(20-11-21)14-8-4-2-6-12(14)13-7-3-5-9-15(13)18/h2-9,11H,10H2,1H3,(H,19,23)(H,20,21). The van der Waals surface area contributed by atoms with E-state index in [1.165, 1.54) is 7.11 Å². The lowest BCUT2D eigenvalue weighted by atomic mass is 9.86. The molecule has 1 aliphatic rings. The highest BCUT2D eigenvalue weighted by atomic mass is 16.5. The minimum atomic E-state index is -1.37. The van der Waals surface area contributed by atoms with Crippen molar-refractivity contribution in [2.75, 3.05) is 13.7 Å². The van der Waals surface area contributed by atoms with Crippen LogP contribution < -0.4 is 10.6 Å². The maximum absolute atomic E-state index is 13.0. The van der Waals surface area contributed by atoms with E-state index in [1.54, 1.807) is 24.3 Å². The van der Waals surface area contributed by atoms with E-state index in [0.29, 0.717) is 17.5 Å². The summed E-state index contributed by atoms with van der Waals surface area (Å²) in [4.78, 5) is 35.6. The number of ether oxygens (including phenoxy) is 1. The molecule has 0 unspecified atom stereocenters. The fraction of sp³-hybridized carbons (Fsp3) is 0.167. The molecular formula is C18H16N2O4. The van der Waals surface area contributed by atoms with Gasteiger partial charge < -0.3 is 15.4 Å². The molecule has 6 nitrogen and oxygen atoms in total. The van der Waals surface area contributed by atoms with Crippen LogP contribution in [-0.4, -0.2) is 31.9 Å². The molecule has 0 saturated heterocycles. The predicted molar refractivity (Wildman–Crippen MR) is 86.9 cm³/mol. The number of carbonyl (C=O) groups is 3. The second-order valence-corrected chi connectivity index (χ2v) is 5.36. The van der Waals surface area contributed by atoms with E-state index < -0.39 is 17.4 Å². The lowest BCUT2D eigenvalue weighted by Gasteiger charge is -2.29. The van der Waals surface area contributed by atoms with E-state index in [4.69, 9.17) is 0 Å². The number of carbonyl (C=O) groups excluding carboxylic acids is 3. The Morgan fingerprint density at radius 2 is 1.58 bits per heavy atom. The molecule has 0 radical (unpaired) electrons. The third-order valence-corrected chi connectivity index (χ3v) is 4.19. The average molecular weight is 324 g/mol. The highest BCUT2D eigenvalue weighted by Gasteiger charge is 2.49. The van der Waals surface area contributed by atoms with Crippen LogP contribution in [0.3, 0.4) is 0 Å². The maximum atomic E-state index is 13.0. The first-order valence-electron chi connectivity index (χ1n) is 7.41. The van der Waals surface area contributed by atoms with Crippen molar-refractivity contribution in [3.05, 3.63) is 59.7 Å². The molecular weight excluding hydrogens is 308 g/mol. The quantitative estimate of drug-likeness (QED) is 0.633. The van der Waals surface area contributed by atoms with E-state index in [1.807, 2.05) is 24.3 Å². The summed E-state index contributed by atoms with van der Waals surface area (Å²) in [6, 6.07) is 14.7. The Labute approximate surface area is 138 Å². The van der Waals surface area contributed by atoms with Crippen LogP contribution in [0.25, 0.3) is 11.1 Å².